The van der Waals surface area contributed by atoms with E-state index in [0.29, 0.717) is 12.0 Å². The Bertz CT molecular complexity index is 1890. The molecule has 0 aliphatic heterocycles. The molecule has 0 spiro atoms. The number of benzene rings is 5. The van der Waals surface area contributed by atoms with Crippen molar-refractivity contribution in [2.75, 3.05) is 14.2 Å². The lowest BCUT2D eigenvalue weighted by Gasteiger charge is -2.28. The van der Waals surface area contributed by atoms with Gasteiger partial charge in [-0.15, -0.1) is 13.2 Å². The molecule has 0 N–H and O–H groups in total. The summed E-state index contributed by atoms with van der Waals surface area (Å²) in [7, 11) is 3.33. The maximum absolute atomic E-state index is 12.8. The third-order valence-corrected chi connectivity index (χ3v) is 8.60. The van der Waals surface area contributed by atoms with Gasteiger partial charge in [-0.3, -0.25) is 4.98 Å². The minimum Gasteiger partial charge on any atom is -0.496 e. The standard InChI is InChI=1S/C29H27F3O3.C9H7N/c1-33-26-12-6-10-23-22-16-15-20-18(8-5-9-21(20)24(22)17-27(34-2)28(23)26)13-14-19-7-3-4-11-25(19)35-29(30,31)32;1-2-4-9-7-10-6-5-8(9)3-1/h3-4,6-7,10-12,15-18H,5,8-9,13-14H2,1-2H3;1-7H/t18-;/m0./s1. The molecule has 4 nitrogen and oxygen atoms in total. The topological polar surface area (TPSA) is 40.6 Å². The highest BCUT2D eigenvalue weighted by Crippen LogP contribution is 2.44. The molecule has 1 aromatic heterocycles. The van der Waals surface area contributed by atoms with E-state index in [2.05, 4.69) is 46.1 Å². The maximum Gasteiger partial charge on any atom is 0.573 e. The molecular formula is C38H34F3NO3. The molecule has 5 aromatic carbocycles. The highest BCUT2D eigenvalue weighted by molar-refractivity contribution is 6.13. The first-order valence-corrected chi connectivity index (χ1v) is 15.1. The van der Waals surface area contributed by atoms with Gasteiger partial charge >= 0.3 is 6.36 Å². The largest absolute Gasteiger partial charge is 0.573 e. The van der Waals surface area contributed by atoms with E-state index in [0.717, 1.165) is 53.3 Å². The van der Waals surface area contributed by atoms with Crippen LogP contribution in [-0.2, 0) is 12.8 Å². The van der Waals surface area contributed by atoms with Crippen LogP contribution < -0.4 is 14.2 Å². The van der Waals surface area contributed by atoms with E-state index >= 15 is 0 Å². The van der Waals surface area contributed by atoms with E-state index < -0.39 is 6.36 Å². The highest BCUT2D eigenvalue weighted by Gasteiger charge is 2.32. The zero-order valence-corrected chi connectivity index (χ0v) is 25.2. The third-order valence-electron chi connectivity index (χ3n) is 8.60. The lowest BCUT2D eigenvalue weighted by atomic mass is 9.77. The second-order valence-corrected chi connectivity index (χ2v) is 11.2. The number of ether oxygens (including phenoxy) is 3. The molecule has 7 heteroatoms. The molecule has 0 bridgehead atoms. The van der Waals surface area contributed by atoms with E-state index in [1.54, 1.807) is 32.4 Å². The molecule has 1 atom stereocenters. The minimum absolute atomic E-state index is 0.111. The number of pyridine rings is 1. The van der Waals surface area contributed by atoms with Crippen molar-refractivity contribution in [3.8, 4) is 17.2 Å². The first kappa shape index (κ1) is 30.3. The fourth-order valence-electron chi connectivity index (χ4n) is 6.56. The summed E-state index contributed by atoms with van der Waals surface area (Å²) in [6.07, 6.45) is 3.28. The summed E-state index contributed by atoms with van der Waals surface area (Å²) >= 11 is 0. The average molecular weight is 610 g/mol. The van der Waals surface area contributed by atoms with Crippen LogP contribution in [0.3, 0.4) is 0 Å². The molecule has 230 valence electrons. The van der Waals surface area contributed by atoms with Gasteiger partial charge < -0.3 is 14.2 Å². The van der Waals surface area contributed by atoms with Crippen LogP contribution in [0.2, 0.25) is 0 Å². The summed E-state index contributed by atoms with van der Waals surface area (Å²) in [6.45, 7) is 0. The van der Waals surface area contributed by atoms with Crippen LogP contribution in [0.4, 0.5) is 13.2 Å². The predicted octanol–water partition coefficient (Wildman–Crippen LogP) is 10.2. The van der Waals surface area contributed by atoms with Crippen molar-refractivity contribution in [2.45, 2.75) is 44.4 Å². The van der Waals surface area contributed by atoms with Crippen molar-refractivity contribution < 1.29 is 27.4 Å². The quantitative estimate of drug-likeness (QED) is 0.176. The Morgan fingerprint density at radius 2 is 1.51 bits per heavy atom. The van der Waals surface area contributed by atoms with Crippen LogP contribution >= 0.6 is 0 Å². The predicted molar refractivity (Wildman–Crippen MR) is 173 cm³/mol. The van der Waals surface area contributed by atoms with Crippen LogP contribution in [0.15, 0.2) is 103 Å². The van der Waals surface area contributed by atoms with Crippen molar-refractivity contribution in [3.63, 3.8) is 0 Å². The van der Waals surface area contributed by atoms with Gasteiger partial charge in [-0.2, -0.15) is 0 Å². The van der Waals surface area contributed by atoms with Gasteiger partial charge in [-0.05, 0) is 106 Å². The van der Waals surface area contributed by atoms with Crippen LogP contribution in [0, 0.1) is 0 Å². The van der Waals surface area contributed by atoms with Gasteiger partial charge in [0.05, 0.1) is 19.6 Å². The number of para-hydroxylation sites is 1. The molecule has 1 heterocycles. The summed E-state index contributed by atoms with van der Waals surface area (Å²) in [6, 6.07) is 29.1. The molecule has 0 amide bonds. The Labute approximate surface area is 260 Å². The third kappa shape index (κ3) is 6.53. The van der Waals surface area contributed by atoms with Gasteiger partial charge in [0.1, 0.15) is 17.2 Å². The molecule has 45 heavy (non-hydrogen) atoms. The summed E-state index contributed by atoms with van der Waals surface area (Å²) in [5.41, 5.74) is 3.17. The first-order chi connectivity index (χ1) is 21.9. The molecule has 0 radical (unpaired) electrons. The van der Waals surface area contributed by atoms with Crippen molar-refractivity contribution in [2.24, 2.45) is 0 Å². The summed E-state index contributed by atoms with van der Waals surface area (Å²) in [4.78, 5) is 4.01. The van der Waals surface area contributed by atoms with Crippen molar-refractivity contribution in [3.05, 3.63) is 120 Å². The van der Waals surface area contributed by atoms with Crippen molar-refractivity contribution >= 4 is 32.3 Å². The zero-order chi connectivity index (χ0) is 31.4. The summed E-state index contributed by atoms with van der Waals surface area (Å²) in [5, 5.41) is 6.82. The lowest BCUT2D eigenvalue weighted by Crippen LogP contribution is -2.18. The van der Waals surface area contributed by atoms with E-state index in [9.17, 15) is 13.2 Å². The molecule has 0 unspecified atom stereocenters. The Morgan fingerprint density at radius 1 is 0.756 bits per heavy atom. The van der Waals surface area contributed by atoms with Crippen LogP contribution in [0.5, 0.6) is 17.2 Å². The van der Waals surface area contributed by atoms with Gasteiger partial charge in [0.15, 0.2) is 0 Å². The number of aryl methyl sites for hydroxylation is 2. The zero-order valence-electron chi connectivity index (χ0n) is 25.2. The molecule has 1 aliphatic rings. The second-order valence-electron chi connectivity index (χ2n) is 11.2. The number of halogens is 3. The van der Waals surface area contributed by atoms with Crippen LogP contribution in [0.1, 0.15) is 41.9 Å². The molecular weight excluding hydrogens is 575 g/mol. The molecule has 0 saturated heterocycles. The van der Waals surface area contributed by atoms with E-state index in [1.807, 2.05) is 42.7 Å². The number of alkyl halides is 3. The van der Waals surface area contributed by atoms with Gasteiger partial charge in [-0.25, -0.2) is 0 Å². The normalized spacial score (nSPS) is 14.5. The Morgan fingerprint density at radius 3 is 2.29 bits per heavy atom. The number of nitrogens with zero attached hydrogens (tertiary/aromatic N) is 1. The number of methoxy groups -OCH3 is 2. The van der Waals surface area contributed by atoms with E-state index in [4.69, 9.17) is 9.47 Å². The maximum atomic E-state index is 12.8. The molecule has 1 aliphatic carbocycles. The Hall–Kier alpha value is -4.78. The molecule has 6 aromatic rings. The van der Waals surface area contributed by atoms with Crippen molar-refractivity contribution in [1.29, 1.82) is 0 Å². The monoisotopic (exact) mass is 609 g/mol. The number of hydrogen-bond donors (Lipinski definition) is 0. The Balaban J connectivity index is 0.000000301. The summed E-state index contributed by atoms with van der Waals surface area (Å²) in [5.74, 6) is 1.71. The van der Waals surface area contributed by atoms with E-state index in [1.165, 1.54) is 33.4 Å². The molecule has 0 saturated carbocycles. The van der Waals surface area contributed by atoms with Gasteiger partial charge in [0.25, 0.3) is 0 Å². The van der Waals surface area contributed by atoms with Gasteiger partial charge in [0.2, 0.25) is 0 Å². The van der Waals surface area contributed by atoms with Gasteiger partial charge in [0, 0.05) is 12.4 Å². The van der Waals surface area contributed by atoms with Crippen LogP contribution in [-0.4, -0.2) is 25.6 Å². The fourth-order valence-corrected chi connectivity index (χ4v) is 6.56. The number of rotatable bonds is 6. The average Bonchev–Trinajstić information content (AvgIpc) is 3.06. The second kappa shape index (κ2) is 13.1. The number of hydrogen-bond acceptors (Lipinski definition) is 4. The highest BCUT2D eigenvalue weighted by atomic mass is 19.4. The van der Waals surface area contributed by atoms with Crippen LogP contribution in [0.25, 0.3) is 32.3 Å². The van der Waals surface area contributed by atoms with Crippen molar-refractivity contribution in [1.82, 2.24) is 4.98 Å². The molecule has 7 rings (SSSR count). The number of aromatic nitrogens is 1. The fraction of sp³-hybridized carbons (Fsp3) is 0.237. The lowest BCUT2D eigenvalue weighted by molar-refractivity contribution is -0.274. The Kier molecular flexibility index (Phi) is 8.78. The minimum atomic E-state index is -4.70. The first-order valence-electron chi connectivity index (χ1n) is 15.1. The van der Waals surface area contributed by atoms with Gasteiger partial charge in [-0.1, -0.05) is 66.7 Å². The smallest absolute Gasteiger partial charge is 0.496 e. The number of fused-ring (bicyclic) bond motifs is 6. The molecule has 0 fully saturated rings. The van der Waals surface area contributed by atoms with E-state index in [-0.39, 0.29) is 11.7 Å². The summed E-state index contributed by atoms with van der Waals surface area (Å²) < 4.78 is 54.2. The SMILES string of the molecule is COc1cccc2c1c(OC)cc1c3c(ccc12)[C@H](CCc1ccccc1OC(F)(F)F)CCC3.c1ccc2cnccc2c1.